The second-order valence-corrected chi connectivity index (χ2v) is 4.25. The number of nitrogens with one attached hydrogen (secondary N) is 1. The lowest BCUT2D eigenvalue weighted by atomic mass is 10.2. The molecule has 0 saturated carbocycles. The Labute approximate surface area is 122 Å². The first-order valence-electron chi connectivity index (χ1n) is 6.44. The van der Waals surface area contributed by atoms with E-state index in [-0.39, 0.29) is 18.0 Å². The van der Waals surface area contributed by atoms with E-state index >= 15 is 0 Å². The maximum absolute atomic E-state index is 12.6. The molecular formula is C15H15N5O. The summed E-state index contributed by atoms with van der Waals surface area (Å²) in [6.07, 6.45) is 0.245. The summed E-state index contributed by atoms with van der Waals surface area (Å²) in [4.78, 5) is 18.3. The number of aromatic nitrogens is 1. The summed E-state index contributed by atoms with van der Waals surface area (Å²) in [5, 5.41) is 8.77. The van der Waals surface area contributed by atoms with Crippen molar-refractivity contribution < 1.29 is 4.79 Å². The van der Waals surface area contributed by atoms with Gasteiger partial charge in [0.25, 0.3) is 5.91 Å². The molecule has 106 valence electrons. The number of pyridine rings is 1. The molecule has 6 nitrogen and oxygen atoms in total. The van der Waals surface area contributed by atoms with Crippen molar-refractivity contribution in [3.63, 3.8) is 0 Å². The second-order valence-electron chi connectivity index (χ2n) is 4.25. The van der Waals surface area contributed by atoms with Crippen LogP contribution < -0.4 is 16.2 Å². The number of nitrogens with zero attached hydrogens (tertiary/aromatic N) is 3. The number of benzene rings is 1. The first kappa shape index (κ1) is 14.5. The zero-order valence-corrected chi connectivity index (χ0v) is 11.4. The summed E-state index contributed by atoms with van der Waals surface area (Å²) in [7, 11) is 0. The zero-order valence-electron chi connectivity index (χ0n) is 11.4. The largest absolute Gasteiger partial charge is 0.308 e. The van der Waals surface area contributed by atoms with Gasteiger partial charge in [0, 0.05) is 12.2 Å². The van der Waals surface area contributed by atoms with Gasteiger partial charge in [-0.05, 0) is 24.3 Å². The van der Waals surface area contributed by atoms with Crippen LogP contribution >= 0.6 is 0 Å². The number of rotatable bonds is 5. The van der Waals surface area contributed by atoms with Crippen LogP contribution in [0.3, 0.4) is 0 Å². The van der Waals surface area contributed by atoms with Gasteiger partial charge in [0.05, 0.1) is 12.5 Å². The number of nitriles is 1. The Morgan fingerprint density at radius 3 is 2.67 bits per heavy atom. The Bertz CT molecular complexity index is 651. The lowest BCUT2D eigenvalue weighted by molar-refractivity contribution is 0.0983. The minimum atomic E-state index is -0.270. The molecule has 1 aromatic heterocycles. The van der Waals surface area contributed by atoms with Crippen LogP contribution in [-0.4, -0.2) is 17.4 Å². The molecule has 1 aromatic carbocycles. The van der Waals surface area contributed by atoms with E-state index in [2.05, 4.69) is 16.5 Å². The normalized spacial score (nSPS) is 9.71. The van der Waals surface area contributed by atoms with Crippen molar-refractivity contribution in [1.82, 2.24) is 4.98 Å². The molecule has 6 heteroatoms. The minimum absolute atomic E-state index is 0.245. The second kappa shape index (κ2) is 7.03. The molecule has 0 aliphatic heterocycles. The van der Waals surface area contributed by atoms with E-state index in [1.165, 1.54) is 4.90 Å². The fourth-order valence-electron chi connectivity index (χ4n) is 1.89. The standard InChI is InChI=1S/C15H15N5O/c16-10-5-11-20(12-6-2-1-3-7-12)15(21)13-8-4-9-14(18-13)19-17/h1-4,6-9H,5,11,17H2,(H,18,19). The molecule has 21 heavy (non-hydrogen) atoms. The third kappa shape index (κ3) is 3.55. The summed E-state index contributed by atoms with van der Waals surface area (Å²) in [5.41, 5.74) is 3.41. The topological polar surface area (TPSA) is 95.0 Å². The van der Waals surface area contributed by atoms with Crippen LogP contribution in [0.25, 0.3) is 0 Å². The molecule has 2 aromatic rings. The van der Waals surface area contributed by atoms with Crippen LogP contribution in [0.5, 0.6) is 0 Å². The summed E-state index contributed by atoms with van der Waals surface area (Å²) in [5.74, 6) is 5.45. The van der Waals surface area contributed by atoms with E-state index in [4.69, 9.17) is 11.1 Å². The van der Waals surface area contributed by atoms with E-state index in [0.29, 0.717) is 12.4 Å². The van der Waals surface area contributed by atoms with E-state index in [1.807, 2.05) is 30.3 Å². The fraction of sp³-hybridized carbons (Fsp3) is 0.133. The Balaban J connectivity index is 2.32. The predicted molar refractivity (Wildman–Crippen MR) is 80.4 cm³/mol. The van der Waals surface area contributed by atoms with Crippen molar-refractivity contribution in [3.05, 3.63) is 54.2 Å². The van der Waals surface area contributed by atoms with Gasteiger partial charge in [-0.15, -0.1) is 0 Å². The predicted octanol–water partition coefficient (Wildman–Crippen LogP) is 1.93. The monoisotopic (exact) mass is 281 g/mol. The Kier molecular flexibility index (Phi) is 4.85. The van der Waals surface area contributed by atoms with Crippen LogP contribution in [0.2, 0.25) is 0 Å². The molecule has 1 heterocycles. The van der Waals surface area contributed by atoms with E-state index in [0.717, 1.165) is 5.69 Å². The highest BCUT2D eigenvalue weighted by Gasteiger charge is 2.18. The summed E-state index contributed by atoms with van der Waals surface area (Å²) in [6, 6.07) is 16.2. The molecule has 0 aliphatic rings. The number of carbonyl (C=O) groups is 1. The molecule has 1 amide bonds. The number of amides is 1. The Morgan fingerprint density at radius 1 is 1.24 bits per heavy atom. The van der Waals surface area contributed by atoms with Crippen LogP contribution in [0.15, 0.2) is 48.5 Å². The molecule has 0 saturated heterocycles. The van der Waals surface area contributed by atoms with Gasteiger partial charge in [-0.1, -0.05) is 24.3 Å². The van der Waals surface area contributed by atoms with Crippen molar-refractivity contribution in [3.8, 4) is 6.07 Å². The van der Waals surface area contributed by atoms with Gasteiger partial charge in [0.2, 0.25) is 0 Å². The van der Waals surface area contributed by atoms with Gasteiger partial charge in [-0.25, -0.2) is 10.8 Å². The van der Waals surface area contributed by atoms with Crippen molar-refractivity contribution in [2.24, 2.45) is 5.84 Å². The van der Waals surface area contributed by atoms with Crippen LogP contribution in [0.4, 0.5) is 11.5 Å². The molecule has 0 aliphatic carbocycles. The van der Waals surface area contributed by atoms with Crippen molar-refractivity contribution >= 4 is 17.4 Å². The molecule has 3 N–H and O–H groups in total. The third-order valence-electron chi connectivity index (χ3n) is 2.88. The number of para-hydroxylation sites is 1. The van der Waals surface area contributed by atoms with Crippen LogP contribution in [-0.2, 0) is 0 Å². The van der Waals surface area contributed by atoms with Gasteiger partial charge < -0.3 is 10.3 Å². The summed E-state index contributed by atoms with van der Waals surface area (Å²) in [6.45, 7) is 0.307. The third-order valence-corrected chi connectivity index (χ3v) is 2.88. The Hall–Kier alpha value is -2.91. The summed E-state index contributed by atoms with van der Waals surface area (Å²) < 4.78 is 0. The SMILES string of the molecule is N#CCCN(C(=O)c1cccc(NN)n1)c1ccccc1. The van der Waals surface area contributed by atoms with Gasteiger partial charge in [0.15, 0.2) is 0 Å². The van der Waals surface area contributed by atoms with Crippen molar-refractivity contribution in [2.45, 2.75) is 6.42 Å². The van der Waals surface area contributed by atoms with Crippen LogP contribution in [0.1, 0.15) is 16.9 Å². The lowest BCUT2D eigenvalue weighted by Crippen LogP contribution is -2.32. The van der Waals surface area contributed by atoms with E-state index < -0.39 is 0 Å². The number of carbonyl (C=O) groups excluding carboxylic acids is 1. The number of nitrogen functional groups attached to an aromatic ring is 1. The average Bonchev–Trinajstić information content (AvgIpc) is 2.56. The number of hydrazine groups is 1. The zero-order chi connectivity index (χ0) is 15.1. The smallest absolute Gasteiger partial charge is 0.276 e. The molecule has 0 spiro atoms. The molecule has 0 fully saturated rings. The van der Waals surface area contributed by atoms with E-state index in [9.17, 15) is 4.79 Å². The highest BCUT2D eigenvalue weighted by molar-refractivity contribution is 6.05. The highest BCUT2D eigenvalue weighted by Crippen LogP contribution is 2.17. The van der Waals surface area contributed by atoms with E-state index in [1.54, 1.807) is 18.2 Å². The van der Waals surface area contributed by atoms with Gasteiger partial charge >= 0.3 is 0 Å². The first-order chi connectivity index (χ1) is 10.3. The number of nitrogens with two attached hydrogens (primary N) is 1. The highest BCUT2D eigenvalue weighted by atomic mass is 16.2. The van der Waals surface area contributed by atoms with Gasteiger partial charge in [0.1, 0.15) is 11.5 Å². The van der Waals surface area contributed by atoms with Crippen molar-refractivity contribution in [1.29, 1.82) is 5.26 Å². The lowest BCUT2D eigenvalue weighted by Gasteiger charge is -2.21. The average molecular weight is 281 g/mol. The molecule has 0 bridgehead atoms. The fourth-order valence-corrected chi connectivity index (χ4v) is 1.89. The van der Waals surface area contributed by atoms with Crippen LogP contribution in [0, 0.1) is 11.3 Å². The molecule has 0 atom stereocenters. The maximum Gasteiger partial charge on any atom is 0.276 e. The minimum Gasteiger partial charge on any atom is -0.308 e. The summed E-state index contributed by atoms with van der Waals surface area (Å²) >= 11 is 0. The first-order valence-corrected chi connectivity index (χ1v) is 6.44. The Morgan fingerprint density at radius 2 is 2.00 bits per heavy atom. The number of anilines is 2. The maximum atomic E-state index is 12.6. The molecule has 0 radical (unpaired) electrons. The quantitative estimate of drug-likeness (QED) is 0.645. The molecule has 2 rings (SSSR count). The number of hydrogen-bond acceptors (Lipinski definition) is 5. The molecular weight excluding hydrogens is 266 g/mol. The molecule has 0 unspecified atom stereocenters. The van der Waals surface area contributed by atoms with Gasteiger partial charge in [-0.3, -0.25) is 4.79 Å². The number of hydrogen-bond donors (Lipinski definition) is 2. The van der Waals surface area contributed by atoms with Gasteiger partial charge in [-0.2, -0.15) is 5.26 Å². The van der Waals surface area contributed by atoms with Crippen molar-refractivity contribution in [2.75, 3.05) is 16.9 Å².